The minimum absolute atomic E-state index is 0.0665. The monoisotopic (exact) mass is 390 g/mol. The first kappa shape index (κ1) is 18.4. The Morgan fingerprint density at radius 1 is 1.32 bits per heavy atom. The summed E-state index contributed by atoms with van der Waals surface area (Å²) in [6, 6.07) is 6.44. The average Bonchev–Trinajstić information content (AvgIpc) is 3.30. The minimum atomic E-state index is -4.54. The molecule has 1 amide bonds. The van der Waals surface area contributed by atoms with Gasteiger partial charge < -0.3 is 10.1 Å². The summed E-state index contributed by atoms with van der Waals surface area (Å²) in [7, 11) is 1.63. The van der Waals surface area contributed by atoms with Gasteiger partial charge in [-0.25, -0.2) is 4.98 Å². The summed E-state index contributed by atoms with van der Waals surface area (Å²) < 4.78 is 47.1. The van der Waals surface area contributed by atoms with Crippen molar-refractivity contribution in [2.24, 2.45) is 7.05 Å². The summed E-state index contributed by atoms with van der Waals surface area (Å²) in [6.45, 7) is 0.977. The smallest absolute Gasteiger partial charge is 0.379 e. The number of fused-ring (bicyclic) bond motifs is 1. The molecule has 9 heteroatoms. The first-order valence-electron chi connectivity index (χ1n) is 8.72. The number of alkyl halides is 3. The molecule has 1 saturated heterocycles. The van der Waals surface area contributed by atoms with Crippen LogP contribution in [-0.2, 0) is 18.0 Å². The number of aromatic nitrogens is 3. The molecule has 1 aliphatic rings. The van der Waals surface area contributed by atoms with Gasteiger partial charge in [-0.05, 0) is 18.6 Å². The zero-order valence-electron chi connectivity index (χ0n) is 15.0. The first-order chi connectivity index (χ1) is 13.3. The molecule has 1 atom stereocenters. The van der Waals surface area contributed by atoms with Crippen molar-refractivity contribution in [3.63, 3.8) is 0 Å². The number of pyridine rings is 1. The molecule has 1 fully saturated rings. The molecule has 0 aliphatic carbocycles. The van der Waals surface area contributed by atoms with Gasteiger partial charge in [0.15, 0.2) is 5.65 Å². The predicted molar refractivity (Wildman–Crippen MR) is 95.6 cm³/mol. The van der Waals surface area contributed by atoms with Crippen LogP contribution in [0.2, 0.25) is 0 Å². The fourth-order valence-corrected chi connectivity index (χ4v) is 3.31. The molecule has 1 aliphatic heterocycles. The van der Waals surface area contributed by atoms with Crippen molar-refractivity contribution >= 4 is 16.9 Å². The fraction of sp³-hybridized carbons (Fsp3) is 0.316. The number of hydrogen-bond donors (Lipinski definition) is 1. The van der Waals surface area contributed by atoms with Crippen LogP contribution in [0.25, 0.3) is 22.3 Å². The highest BCUT2D eigenvalue weighted by Crippen LogP contribution is 2.37. The van der Waals surface area contributed by atoms with Crippen LogP contribution in [0.1, 0.15) is 22.3 Å². The van der Waals surface area contributed by atoms with Gasteiger partial charge in [0, 0.05) is 19.2 Å². The Kier molecular flexibility index (Phi) is 4.54. The second-order valence-electron chi connectivity index (χ2n) is 6.64. The van der Waals surface area contributed by atoms with E-state index in [4.69, 9.17) is 4.74 Å². The number of nitrogens with zero attached hydrogens (tertiary/aromatic N) is 3. The molecule has 1 unspecified atom stereocenters. The molecule has 146 valence electrons. The topological polar surface area (TPSA) is 69.0 Å². The van der Waals surface area contributed by atoms with Gasteiger partial charge in [-0.3, -0.25) is 9.48 Å². The summed E-state index contributed by atoms with van der Waals surface area (Å²) in [4.78, 5) is 17.2. The Balaban J connectivity index is 1.85. The van der Waals surface area contributed by atoms with E-state index in [0.29, 0.717) is 30.7 Å². The predicted octanol–water partition coefficient (Wildman–Crippen LogP) is 3.17. The zero-order valence-corrected chi connectivity index (χ0v) is 15.0. The standard InChI is InChI=1S/C19H17F3N4O2/c1-26-17-14(9-23-26)13(18(27)24-11-6-7-28-10-11)8-16(25-17)12-4-2-3-5-15(12)19(20,21)22/h2-5,8-9,11H,6-7,10H2,1H3,(H,24,27). The molecule has 2 aromatic heterocycles. The number of rotatable bonds is 3. The Bertz CT molecular complexity index is 1040. The number of aryl methyl sites for hydroxylation is 1. The largest absolute Gasteiger partial charge is 0.417 e. The summed E-state index contributed by atoms with van der Waals surface area (Å²) in [5.41, 5.74) is -0.257. The van der Waals surface area contributed by atoms with Gasteiger partial charge in [0.2, 0.25) is 0 Å². The van der Waals surface area contributed by atoms with Gasteiger partial charge in [-0.1, -0.05) is 18.2 Å². The van der Waals surface area contributed by atoms with Crippen molar-refractivity contribution in [1.29, 1.82) is 0 Å². The molecule has 4 rings (SSSR count). The lowest BCUT2D eigenvalue weighted by Gasteiger charge is -2.15. The fourth-order valence-electron chi connectivity index (χ4n) is 3.31. The molecule has 3 heterocycles. The Hall–Kier alpha value is -2.94. The SMILES string of the molecule is Cn1ncc2c(C(=O)NC3CCOC3)cc(-c3ccccc3C(F)(F)F)nc21. The lowest BCUT2D eigenvalue weighted by atomic mass is 10.0. The van der Waals surface area contributed by atoms with E-state index in [1.54, 1.807) is 7.05 Å². The average molecular weight is 390 g/mol. The minimum Gasteiger partial charge on any atom is -0.379 e. The molecule has 0 radical (unpaired) electrons. The van der Waals surface area contributed by atoms with Crippen molar-refractivity contribution < 1.29 is 22.7 Å². The molecule has 0 bridgehead atoms. The maximum atomic E-state index is 13.5. The van der Waals surface area contributed by atoms with E-state index in [1.165, 1.54) is 35.1 Å². The van der Waals surface area contributed by atoms with E-state index < -0.39 is 11.7 Å². The molecule has 0 saturated carbocycles. The van der Waals surface area contributed by atoms with Crippen molar-refractivity contribution in [2.75, 3.05) is 13.2 Å². The first-order valence-corrected chi connectivity index (χ1v) is 8.72. The highest BCUT2D eigenvalue weighted by atomic mass is 19.4. The van der Waals surface area contributed by atoms with Crippen LogP contribution in [0.3, 0.4) is 0 Å². The van der Waals surface area contributed by atoms with Crippen LogP contribution >= 0.6 is 0 Å². The van der Waals surface area contributed by atoms with Crippen LogP contribution in [-0.4, -0.2) is 39.9 Å². The van der Waals surface area contributed by atoms with Gasteiger partial charge >= 0.3 is 6.18 Å². The number of amides is 1. The third-order valence-corrected chi connectivity index (χ3v) is 4.72. The van der Waals surface area contributed by atoms with Gasteiger partial charge in [0.1, 0.15) is 0 Å². The van der Waals surface area contributed by atoms with Gasteiger partial charge in [0.05, 0.1) is 41.1 Å². The molecule has 0 spiro atoms. The molecule has 1 N–H and O–H groups in total. The molecule has 28 heavy (non-hydrogen) atoms. The Labute approximate surface area is 158 Å². The van der Waals surface area contributed by atoms with E-state index >= 15 is 0 Å². The second kappa shape index (κ2) is 6.90. The number of ether oxygens (including phenoxy) is 1. The van der Waals surface area contributed by atoms with E-state index in [0.717, 1.165) is 6.07 Å². The highest BCUT2D eigenvalue weighted by molar-refractivity contribution is 6.06. The quantitative estimate of drug-likeness (QED) is 0.746. The van der Waals surface area contributed by atoms with Crippen molar-refractivity contribution in [1.82, 2.24) is 20.1 Å². The molecule has 6 nitrogen and oxygen atoms in total. The van der Waals surface area contributed by atoms with Crippen LogP contribution in [0.4, 0.5) is 13.2 Å². The van der Waals surface area contributed by atoms with Gasteiger partial charge in [0.25, 0.3) is 5.91 Å². The zero-order chi connectivity index (χ0) is 19.9. The molecule has 3 aromatic rings. The number of hydrogen-bond acceptors (Lipinski definition) is 4. The van der Waals surface area contributed by atoms with Crippen LogP contribution < -0.4 is 5.32 Å². The lowest BCUT2D eigenvalue weighted by Crippen LogP contribution is -2.35. The summed E-state index contributed by atoms with van der Waals surface area (Å²) >= 11 is 0. The summed E-state index contributed by atoms with van der Waals surface area (Å²) in [6.07, 6.45) is -2.36. The third-order valence-electron chi connectivity index (χ3n) is 4.72. The number of carbonyl (C=O) groups is 1. The maximum Gasteiger partial charge on any atom is 0.417 e. The Morgan fingerprint density at radius 2 is 2.11 bits per heavy atom. The van der Waals surface area contributed by atoms with E-state index in [2.05, 4.69) is 15.4 Å². The number of halogens is 3. The lowest BCUT2D eigenvalue weighted by molar-refractivity contribution is -0.137. The van der Waals surface area contributed by atoms with E-state index in [-0.39, 0.29) is 28.8 Å². The van der Waals surface area contributed by atoms with E-state index in [1.807, 2.05) is 0 Å². The number of nitrogens with one attached hydrogen (secondary N) is 1. The van der Waals surface area contributed by atoms with Crippen LogP contribution in [0, 0.1) is 0 Å². The van der Waals surface area contributed by atoms with E-state index in [9.17, 15) is 18.0 Å². The van der Waals surface area contributed by atoms with Gasteiger partial charge in [-0.2, -0.15) is 18.3 Å². The maximum absolute atomic E-state index is 13.5. The summed E-state index contributed by atoms with van der Waals surface area (Å²) in [5, 5.41) is 7.45. The third kappa shape index (κ3) is 3.33. The second-order valence-corrected chi connectivity index (χ2v) is 6.64. The Morgan fingerprint density at radius 3 is 2.82 bits per heavy atom. The molecular weight excluding hydrogens is 373 g/mol. The summed E-state index contributed by atoms with van der Waals surface area (Å²) in [5.74, 6) is -0.387. The molecule has 1 aromatic carbocycles. The van der Waals surface area contributed by atoms with Crippen LogP contribution in [0.5, 0.6) is 0 Å². The number of benzene rings is 1. The van der Waals surface area contributed by atoms with Gasteiger partial charge in [-0.15, -0.1) is 0 Å². The van der Waals surface area contributed by atoms with Crippen molar-refractivity contribution in [2.45, 2.75) is 18.6 Å². The normalized spacial score (nSPS) is 17.2. The van der Waals surface area contributed by atoms with Crippen molar-refractivity contribution in [3.8, 4) is 11.3 Å². The van der Waals surface area contributed by atoms with Crippen LogP contribution in [0.15, 0.2) is 36.5 Å². The molecular formula is C19H17F3N4O2. The van der Waals surface area contributed by atoms with Crippen molar-refractivity contribution in [3.05, 3.63) is 47.7 Å². The number of carbonyl (C=O) groups excluding carboxylic acids is 1. The highest BCUT2D eigenvalue weighted by Gasteiger charge is 2.34.